The Bertz CT molecular complexity index is 1110. The summed E-state index contributed by atoms with van der Waals surface area (Å²) in [4.78, 5) is 55.4. The maximum atomic E-state index is 13.8. The second kappa shape index (κ2) is 11.2. The van der Waals surface area contributed by atoms with E-state index in [2.05, 4.69) is 22.8 Å². The summed E-state index contributed by atoms with van der Waals surface area (Å²) in [7, 11) is 1.47. The molecule has 2 N–H and O–H groups in total. The number of rotatable bonds is 5. The number of amides is 4. The quantitative estimate of drug-likeness (QED) is 0.591. The van der Waals surface area contributed by atoms with E-state index in [-0.39, 0.29) is 37.4 Å². The van der Waals surface area contributed by atoms with E-state index in [0.717, 1.165) is 29.7 Å². The first-order chi connectivity index (χ1) is 18.3. The van der Waals surface area contributed by atoms with Crippen molar-refractivity contribution in [2.75, 3.05) is 20.2 Å². The Balaban J connectivity index is 1.46. The molecule has 0 saturated carbocycles. The smallest absolute Gasteiger partial charge is 0.410 e. The minimum absolute atomic E-state index is 0.112. The molecule has 1 aromatic rings. The first kappa shape index (κ1) is 28.9. The van der Waals surface area contributed by atoms with Crippen molar-refractivity contribution in [1.29, 1.82) is 0 Å². The predicted octanol–water partition coefficient (Wildman–Crippen LogP) is 2.91. The summed E-state index contributed by atoms with van der Waals surface area (Å²) in [5, 5.41) is 5.99. The van der Waals surface area contributed by atoms with Crippen molar-refractivity contribution in [1.82, 2.24) is 20.4 Å². The minimum Gasteiger partial charge on any atom is -0.444 e. The Morgan fingerprint density at radius 1 is 1.13 bits per heavy atom. The minimum atomic E-state index is -0.867. The van der Waals surface area contributed by atoms with Crippen molar-refractivity contribution in [3.05, 3.63) is 35.4 Å². The van der Waals surface area contributed by atoms with Crippen LogP contribution in [-0.4, -0.2) is 77.7 Å². The van der Waals surface area contributed by atoms with Crippen molar-refractivity contribution in [2.45, 2.75) is 96.7 Å². The highest BCUT2D eigenvalue weighted by Gasteiger charge is 2.55. The molecule has 2 fully saturated rings. The van der Waals surface area contributed by atoms with Crippen LogP contribution in [0.3, 0.4) is 0 Å². The largest absolute Gasteiger partial charge is 0.444 e. The summed E-state index contributed by atoms with van der Waals surface area (Å²) in [6.07, 6.45) is 2.43. The van der Waals surface area contributed by atoms with Gasteiger partial charge in [-0.2, -0.15) is 0 Å². The van der Waals surface area contributed by atoms with Crippen LogP contribution in [0.25, 0.3) is 0 Å². The third-order valence-corrected chi connectivity index (χ3v) is 7.65. The molecular weight excluding hydrogens is 500 g/mol. The van der Waals surface area contributed by atoms with Crippen molar-refractivity contribution < 1.29 is 28.7 Å². The fourth-order valence-electron chi connectivity index (χ4n) is 5.87. The van der Waals surface area contributed by atoms with Gasteiger partial charge in [-0.3, -0.25) is 14.4 Å². The molecule has 39 heavy (non-hydrogen) atoms. The first-order valence-electron chi connectivity index (χ1n) is 13.8. The summed E-state index contributed by atoms with van der Waals surface area (Å²) in [5.41, 5.74) is 1.15. The van der Waals surface area contributed by atoms with E-state index in [4.69, 9.17) is 9.47 Å². The van der Waals surface area contributed by atoms with E-state index in [9.17, 15) is 19.2 Å². The molecule has 0 aromatic heterocycles. The van der Waals surface area contributed by atoms with Crippen LogP contribution < -0.4 is 10.6 Å². The SMILES string of the molecule is CN(CC(=O)N[C@H]1CCO[C@H]2CC(C)(C)[C@@H](C(=O)N[C@@H]3CCCc4ccccc43)N2C1=O)C(=O)OC(C)(C)C. The topological polar surface area (TPSA) is 117 Å². The van der Waals surface area contributed by atoms with Crippen LogP contribution >= 0.6 is 0 Å². The summed E-state index contributed by atoms with van der Waals surface area (Å²) in [5.74, 6) is -1.04. The van der Waals surface area contributed by atoms with Crippen molar-refractivity contribution in [3.63, 3.8) is 0 Å². The van der Waals surface area contributed by atoms with Gasteiger partial charge in [0.2, 0.25) is 17.7 Å². The summed E-state index contributed by atoms with van der Waals surface area (Å²) < 4.78 is 11.3. The zero-order chi connectivity index (χ0) is 28.5. The van der Waals surface area contributed by atoms with Gasteiger partial charge in [-0.25, -0.2) is 4.79 Å². The van der Waals surface area contributed by atoms with Crippen molar-refractivity contribution >= 4 is 23.8 Å². The number of ether oxygens (including phenoxy) is 2. The zero-order valence-corrected chi connectivity index (χ0v) is 23.9. The van der Waals surface area contributed by atoms with Crippen molar-refractivity contribution in [2.24, 2.45) is 5.41 Å². The standard InChI is InChI=1S/C29H42N4O6/c1-28(2,3)39-27(37)32(6)17-22(34)30-21-14-15-38-23-16-29(4,5)24(33(23)26(21)36)25(35)31-20-13-9-11-18-10-7-8-12-19(18)20/h7-8,10,12,20-21,23-24H,9,11,13-17H2,1-6H3,(H,30,34)(H,31,35)/t20-,21+,23+,24-/m1/s1. The number of likely N-dealkylation sites (N-methyl/N-ethyl adjacent to an activating group) is 1. The molecule has 10 heteroatoms. The second-order valence-electron chi connectivity index (χ2n) is 12.6. The molecule has 0 unspecified atom stereocenters. The fraction of sp³-hybridized carbons (Fsp3) is 0.655. The average Bonchev–Trinajstić information content (AvgIpc) is 3.03. The second-order valence-corrected chi connectivity index (χ2v) is 12.6. The van der Waals surface area contributed by atoms with Gasteiger partial charge in [-0.05, 0) is 63.0 Å². The molecule has 3 aliphatic rings. The van der Waals surface area contributed by atoms with E-state index in [1.165, 1.54) is 17.5 Å². The van der Waals surface area contributed by atoms with Gasteiger partial charge < -0.3 is 29.9 Å². The molecule has 4 amide bonds. The highest BCUT2D eigenvalue weighted by Crippen LogP contribution is 2.43. The normalized spacial score (nSPS) is 26.1. The zero-order valence-electron chi connectivity index (χ0n) is 23.9. The van der Waals surface area contributed by atoms with E-state index in [1.807, 2.05) is 26.0 Å². The molecule has 2 saturated heterocycles. The molecule has 4 atom stereocenters. The van der Waals surface area contributed by atoms with Crippen LogP contribution in [-0.2, 0) is 30.3 Å². The number of carbonyl (C=O) groups is 4. The van der Waals surface area contributed by atoms with Gasteiger partial charge in [0.25, 0.3) is 0 Å². The highest BCUT2D eigenvalue weighted by molar-refractivity contribution is 5.94. The van der Waals surface area contributed by atoms with Crippen LogP contribution in [0.5, 0.6) is 0 Å². The fourth-order valence-corrected chi connectivity index (χ4v) is 5.87. The maximum absolute atomic E-state index is 13.8. The van der Waals surface area contributed by atoms with Crippen LogP contribution in [0.4, 0.5) is 4.79 Å². The lowest BCUT2D eigenvalue weighted by Crippen LogP contribution is -2.58. The summed E-state index contributed by atoms with van der Waals surface area (Å²) in [6, 6.07) is 6.43. The Morgan fingerprint density at radius 3 is 2.56 bits per heavy atom. The van der Waals surface area contributed by atoms with Gasteiger partial charge in [0.05, 0.1) is 12.6 Å². The van der Waals surface area contributed by atoms with E-state index < -0.39 is 41.3 Å². The Morgan fingerprint density at radius 2 is 1.85 bits per heavy atom. The molecule has 2 heterocycles. The number of hydrogen-bond donors (Lipinski definition) is 2. The van der Waals surface area contributed by atoms with Crippen LogP contribution in [0.15, 0.2) is 24.3 Å². The molecular formula is C29H42N4O6. The maximum Gasteiger partial charge on any atom is 0.410 e. The molecule has 0 bridgehead atoms. The van der Waals surface area contributed by atoms with Gasteiger partial charge in [-0.1, -0.05) is 38.1 Å². The average molecular weight is 543 g/mol. The van der Waals surface area contributed by atoms with E-state index >= 15 is 0 Å². The summed E-state index contributed by atoms with van der Waals surface area (Å²) in [6.45, 7) is 9.19. The lowest BCUT2D eigenvalue weighted by molar-refractivity contribution is -0.150. The highest BCUT2D eigenvalue weighted by atomic mass is 16.6. The van der Waals surface area contributed by atoms with Crippen LogP contribution in [0.2, 0.25) is 0 Å². The molecule has 1 aromatic carbocycles. The van der Waals surface area contributed by atoms with Crippen LogP contribution in [0, 0.1) is 5.41 Å². The number of hydrogen-bond acceptors (Lipinski definition) is 6. The van der Waals surface area contributed by atoms with Gasteiger partial charge in [0.1, 0.15) is 30.5 Å². The number of aryl methyl sites for hydroxylation is 1. The van der Waals surface area contributed by atoms with Gasteiger partial charge >= 0.3 is 6.09 Å². The number of benzene rings is 1. The number of nitrogens with zero attached hydrogens (tertiary/aromatic N) is 2. The van der Waals surface area contributed by atoms with E-state index in [1.54, 1.807) is 20.8 Å². The Labute approximate surface area is 230 Å². The molecule has 0 spiro atoms. The molecule has 2 aliphatic heterocycles. The molecule has 0 radical (unpaired) electrons. The van der Waals surface area contributed by atoms with Gasteiger partial charge in [0.15, 0.2) is 0 Å². The van der Waals surface area contributed by atoms with Gasteiger partial charge in [-0.15, -0.1) is 0 Å². The third-order valence-electron chi connectivity index (χ3n) is 7.65. The molecule has 1 aliphatic carbocycles. The van der Waals surface area contributed by atoms with E-state index in [0.29, 0.717) is 6.42 Å². The molecule has 10 nitrogen and oxygen atoms in total. The lowest BCUT2D eigenvalue weighted by Gasteiger charge is -2.35. The lowest BCUT2D eigenvalue weighted by atomic mass is 9.82. The third kappa shape index (κ3) is 6.54. The predicted molar refractivity (Wildman–Crippen MR) is 144 cm³/mol. The number of carbonyl (C=O) groups excluding carboxylic acids is 4. The molecule has 214 valence electrons. The Kier molecular flexibility index (Phi) is 8.25. The Hall–Kier alpha value is -3.14. The van der Waals surface area contributed by atoms with Crippen molar-refractivity contribution in [3.8, 4) is 0 Å². The number of fused-ring (bicyclic) bond motifs is 2. The van der Waals surface area contributed by atoms with Crippen LogP contribution in [0.1, 0.15) is 77.5 Å². The van der Waals surface area contributed by atoms with Gasteiger partial charge in [0, 0.05) is 13.5 Å². The molecule has 4 rings (SSSR count). The summed E-state index contributed by atoms with van der Waals surface area (Å²) >= 11 is 0. The first-order valence-corrected chi connectivity index (χ1v) is 13.8. The monoisotopic (exact) mass is 542 g/mol. The number of nitrogens with one attached hydrogen (secondary N) is 2.